The van der Waals surface area contributed by atoms with Crippen LogP contribution in [0.4, 0.5) is 0 Å². The second-order valence-electron chi connectivity index (χ2n) is 6.44. The summed E-state index contributed by atoms with van der Waals surface area (Å²) in [5.41, 5.74) is 1.14. The first kappa shape index (κ1) is 19.4. The van der Waals surface area contributed by atoms with Gasteiger partial charge >= 0.3 is 0 Å². The predicted octanol–water partition coefficient (Wildman–Crippen LogP) is 5.03. The Morgan fingerprint density at radius 2 is 1.92 bits per heavy atom. The Kier molecular flexibility index (Phi) is 8.36. The summed E-state index contributed by atoms with van der Waals surface area (Å²) in [6, 6.07) is 6.02. The molecule has 0 fully saturated rings. The van der Waals surface area contributed by atoms with Crippen LogP contribution in [0, 0.1) is 0 Å². The van der Waals surface area contributed by atoms with Crippen LogP contribution >= 0.6 is 0 Å². The van der Waals surface area contributed by atoms with Gasteiger partial charge in [0.15, 0.2) is 11.5 Å². The molecule has 138 valence electrons. The molecule has 1 aromatic rings. The van der Waals surface area contributed by atoms with Crippen molar-refractivity contribution in [1.82, 2.24) is 4.90 Å². The standard InChI is InChI=1S/C21H31NO3/c1-3-15-22(4-2)21(23)12-10-8-6-5-7-9-11-18-13-14-19-20(16-18)25-17-24-19/h9,11,13-14,16H,3-8,10,12,15,17H2,1-2H3. The number of ether oxygens (including phenoxy) is 2. The second-order valence-corrected chi connectivity index (χ2v) is 6.44. The lowest BCUT2D eigenvalue weighted by Crippen LogP contribution is -2.31. The molecule has 1 amide bonds. The zero-order valence-electron chi connectivity index (χ0n) is 15.6. The summed E-state index contributed by atoms with van der Waals surface area (Å²) in [6.45, 7) is 6.21. The van der Waals surface area contributed by atoms with E-state index >= 15 is 0 Å². The maximum atomic E-state index is 12.0. The largest absolute Gasteiger partial charge is 0.454 e. The van der Waals surface area contributed by atoms with Crippen LogP contribution in [0.1, 0.15) is 64.4 Å². The monoisotopic (exact) mass is 345 g/mol. The van der Waals surface area contributed by atoms with E-state index in [0.29, 0.717) is 19.1 Å². The number of rotatable bonds is 11. The van der Waals surface area contributed by atoms with Gasteiger partial charge in [-0.3, -0.25) is 4.79 Å². The van der Waals surface area contributed by atoms with E-state index in [9.17, 15) is 4.79 Å². The average Bonchev–Trinajstić information content (AvgIpc) is 3.09. The lowest BCUT2D eigenvalue weighted by molar-refractivity contribution is -0.131. The minimum Gasteiger partial charge on any atom is -0.454 e. The molecule has 1 aromatic carbocycles. The van der Waals surface area contributed by atoms with Crippen LogP contribution in [0.25, 0.3) is 6.08 Å². The first-order valence-corrected chi connectivity index (χ1v) is 9.58. The molecule has 25 heavy (non-hydrogen) atoms. The molecule has 0 unspecified atom stereocenters. The molecule has 0 atom stereocenters. The molecular weight excluding hydrogens is 314 g/mol. The Labute approximate surface area is 151 Å². The Hall–Kier alpha value is -1.97. The summed E-state index contributed by atoms with van der Waals surface area (Å²) in [5.74, 6) is 1.97. The van der Waals surface area contributed by atoms with Crippen LogP contribution in [-0.4, -0.2) is 30.7 Å². The first-order valence-electron chi connectivity index (χ1n) is 9.58. The number of fused-ring (bicyclic) bond motifs is 1. The van der Waals surface area contributed by atoms with Crippen LogP contribution in [0.2, 0.25) is 0 Å². The molecule has 0 saturated carbocycles. The molecule has 0 bridgehead atoms. The summed E-state index contributed by atoms with van der Waals surface area (Å²) in [4.78, 5) is 14.0. The van der Waals surface area contributed by atoms with Gasteiger partial charge in [0.2, 0.25) is 12.7 Å². The number of benzene rings is 1. The van der Waals surface area contributed by atoms with Crippen molar-refractivity contribution in [3.05, 3.63) is 29.8 Å². The van der Waals surface area contributed by atoms with Gasteiger partial charge in [0.05, 0.1) is 0 Å². The zero-order chi connectivity index (χ0) is 17.9. The molecule has 0 N–H and O–H groups in total. The van der Waals surface area contributed by atoms with E-state index in [1.165, 1.54) is 12.8 Å². The third kappa shape index (κ3) is 6.45. The highest BCUT2D eigenvalue weighted by Gasteiger charge is 2.12. The van der Waals surface area contributed by atoms with Crippen molar-refractivity contribution in [3.63, 3.8) is 0 Å². The highest BCUT2D eigenvalue weighted by Crippen LogP contribution is 2.32. The fraction of sp³-hybridized carbons (Fsp3) is 0.571. The molecule has 0 radical (unpaired) electrons. The highest BCUT2D eigenvalue weighted by atomic mass is 16.7. The maximum Gasteiger partial charge on any atom is 0.231 e. The Morgan fingerprint density at radius 3 is 2.72 bits per heavy atom. The van der Waals surface area contributed by atoms with E-state index in [0.717, 1.165) is 55.8 Å². The van der Waals surface area contributed by atoms with Gasteiger partial charge in [-0.1, -0.05) is 38.0 Å². The van der Waals surface area contributed by atoms with Crippen molar-refractivity contribution in [2.45, 2.75) is 58.8 Å². The van der Waals surface area contributed by atoms with Gasteiger partial charge in [0.1, 0.15) is 0 Å². The van der Waals surface area contributed by atoms with Crippen LogP contribution in [-0.2, 0) is 4.79 Å². The van der Waals surface area contributed by atoms with Crippen LogP contribution in [0.5, 0.6) is 11.5 Å². The number of allylic oxidation sites excluding steroid dienone is 1. The summed E-state index contributed by atoms with van der Waals surface area (Å²) in [6.07, 6.45) is 11.6. The van der Waals surface area contributed by atoms with Crippen LogP contribution < -0.4 is 9.47 Å². The first-order chi connectivity index (χ1) is 12.2. The fourth-order valence-corrected chi connectivity index (χ4v) is 3.02. The van der Waals surface area contributed by atoms with Gasteiger partial charge in [-0.2, -0.15) is 0 Å². The van der Waals surface area contributed by atoms with E-state index in [2.05, 4.69) is 26.0 Å². The summed E-state index contributed by atoms with van der Waals surface area (Å²) >= 11 is 0. The van der Waals surface area contributed by atoms with E-state index < -0.39 is 0 Å². The van der Waals surface area contributed by atoms with Crippen LogP contribution in [0.15, 0.2) is 24.3 Å². The van der Waals surface area contributed by atoms with E-state index in [-0.39, 0.29) is 0 Å². The third-order valence-corrected chi connectivity index (χ3v) is 4.45. The molecular formula is C21H31NO3. The van der Waals surface area contributed by atoms with Crippen molar-refractivity contribution in [1.29, 1.82) is 0 Å². The molecule has 2 rings (SSSR count). The van der Waals surface area contributed by atoms with Crippen molar-refractivity contribution in [2.75, 3.05) is 19.9 Å². The number of carbonyl (C=O) groups excluding carboxylic acids is 1. The van der Waals surface area contributed by atoms with Gasteiger partial charge in [-0.25, -0.2) is 0 Å². The van der Waals surface area contributed by atoms with Gasteiger partial charge in [0.25, 0.3) is 0 Å². The van der Waals surface area contributed by atoms with E-state index in [1.54, 1.807) is 0 Å². The predicted molar refractivity (Wildman–Crippen MR) is 102 cm³/mol. The van der Waals surface area contributed by atoms with E-state index in [4.69, 9.17) is 9.47 Å². The van der Waals surface area contributed by atoms with Gasteiger partial charge < -0.3 is 14.4 Å². The van der Waals surface area contributed by atoms with Crippen molar-refractivity contribution in [3.8, 4) is 11.5 Å². The SMILES string of the molecule is CCCN(CC)C(=O)CCCCCCC=Cc1ccc2c(c1)OCO2. The lowest BCUT2D eigenvalue weighted by atomic mass is 10.1. The summed E-state index contributed by atoms with van der Waals surface area (Å²) in [5, 5.41) is 0. The van der Waals surface area contributed by atoms with Crippen molar-refractivity contribution in [2.24, 2.45) is 0 Å². The molecule has 1 heterocycles. The van der Waals surface area contributed by atoms with Gasteiger partial charge in [0, 0.05) is 19.5 Å². The Morgan fingerprint density at radius 1 is 1.12 bits per heavy atom. The maximum absolute atomic E-state index is 12.0. The minimum absolute atomic E-state index is 0.312. The van der Waals surface area contributed by atoms with Crippen molar-refractivity contribution < 1.29 is 14.3 Å². The number of amides is 1. The average molecular weight is 345 g/mol. The summed E-state index contributed by atoms with van der Waals surface area (Å²) < 4.78 is 10.7. The number of unbranched alkanes of at least 4 members (excludes halogenated alkanes) is 4. The third-order valence-electron chi connectivity index (χ3n) is 4.45. The molecule has 0 aromatic heterocycles. The lowest BCUT2D eigenvalue weighted by Gasteiger charge is -2.19. The Balaban J connectivity index is 1.55. The molecule has 1 aliphatic heterocycles. The number of carbonyl (C=O) groups is 1. The van der Waals surface area contributed by atoms with E-state index in [1.807, 2.05) is 23.1 Å². The fourth-order valence-electron chi connectivity index (χ4n) is 3.02. The van der Waals surface area contributed by atoms with Crippen LogP contribution in [0.3, 0.4) is 0 Å². The quantitative estimate of drug-likeness (QED) is 0.528. The minimum atomic E-state index is 0.312. The zero-order valence-corrected chi connectivity index (χ0v) is 15.6. The van der Waals surface area contributed by atoms with Gasteiger partial charge in [-0.15, -0.1) is 0 Å². The Bertz CT molecular complexity index is 568. The second kappa shape index (κ2) is 10.8. The highest BCUT2D eigenvalue weighted by molar-refractivity contribution is 5.76. The van der Waals surface area contributed by atoms with Gasteiger partial charge in [-0.05, 0) is 50.3 Å². The normalized spacial score (nSPS) is 12.7. The topological polar surface area (TPSA) is 38.8 Å². The smallest absolute Gasteiger partial charge is 0.231 e. The summed E-state index contributed by atoms with van der Waals surface area (Å²) in [7, 11) is 0. The molecule has 0 spiro atoms. The molecule has 1 aliphatic rings. The van der Waals surface area contributed by atoms with Crippen molar-refractivity contribution >= 4 is 12.0 Å². The molecule has 0 saturated heterocycles. The number of hydrogen-bond donors (Lipinski definition) is 0. The number of hydrogen-bond acceptors (Lipinski definition) is 3. The molecule has 4 nitrogen and oxygen atoms in total. The molecule has 4 heteroatoms. The molecule has 0 aliphatic carbocycles. The number of nitrogens with zero attached hydrogens (tertiary/aromatic N) is 1.